The van der Waals surface area contributed by atoms with Crippen molar-refractivity contribution < 1.29 is 25.7 Å². The average Bonchev–Trinajstić information content (AvgIpc) is 2.73. The van der Waals surface area contributed by atoms with E-state index in [4.69, 9.17) is 28.9 Å². The topological polar surface area (TPSA) is 72.0 Å². The summed E-state index contributed by atoms with van der Waals surface area (Å²) in [7, 11) is 0.688. The minimum absolute atomic E-state index is 0. The molecule has 0 fully saturated rings. The van der Waals surface area contributed by atoms with E-state index in [2.05, 4.69) is 14.4 Å². The summed E-state index contributed by atoms with van der Waals surface area (Å²) in [6.45, 7) is 0. The van der Waals surface area contributed by atoms with Crippen LogP contribution >= 0.6 is 32.9 Å². The summed E-state index contributed by atoms with van der Waals surface area (Å²) < 4.78 is 29.7. The molecule has 0 aliphatic rings. The van der Waals surface area contributed by atoms with Crippen molar-refractivity contribution >= 4 is 42.9 Å². The minimum atomic E-state index is -3.88. The van der Waals surface area contributed by atoms with Crippen LogP contribution in [0, 0.1) is 7.43 Å². The molecule has 0 aromatic heterocycles. The van der Waals surface area contributed by atoms with E-state index in [9.17, 15) is 8.42 Å². The predicted octanol–water partition coefficient (Wildman–Crippen LogP) is 7.87. The van der Waals surface area contributed by atoms with Gasteiger partial charge in [0.25, 0.3) is 0 Å². The summed E-state index contributed by atoms with van der Waals surface area (Å²) in [6.07, 6.45) is 0. The van der Waals surface area contributed by atoms with Gasteiger partial charge in [0.15, 0.2) is 0 Å². The molecule has 0 spiro atoms. The molecule has 166 valence electrons. The molecule has 3 rings (SSSR count). The fourth-order valence-electron chi connectivity index (χ4n) is 2.92. The summed E-state index contributed by atoms with van der Waals surface area (Å²) >= 11 is 13.8. The van der Waals surface area contributed by atoms with Crippen molar-refractivity contribution in [2.45, 2.75) is 17.8 Å². The van der Waals surface area contributed by atoms with E-state index in [0.717, 1.165) is 0 Å². The molecule has 0 aliphatic carbocycles. The maximum absolute atomic E-state index is 12.8. The number of hydrogen-bond acceptors (Lipinski definition) is 2. The number of nitrogens with zero attached hydrogens (tertiary/aromatic N) is 1. The molecule has 9 heteroatoms. The largest absolute Gasteiger partial charge is 0.672 e. The summed E-state index contributed by atoms with van der Waals surface area (Å²) in [5.41, 5.74) is 10.4. The quantitative estimate of drug-likeness (QED) is 0.209. The van der Waals surface area contributed by atoms with Gasteiger partial charge in [-0.3, -0.25) is 0 Å². The second kappa shape index (κ2) is 13.5. The van der Waals surface area contributed by atoms with E-state index in [-0.39, 0.29) is 13.2 Å². The monoisotopic (exact) mass is 584 g/mol. The summed E-state index contributed by atoms with van der Waals surface area (Å²) in [5.74, 6) is -0.335. The average molecular weight is 585 g/mol. The Morgan fingerprint density at radius 3 is 1.77 bits per heavy atom. The zero-order valence-corrected chi connectivity index (χ0v) is 21.3. The standard InChI is InChI=1S/C21H18Cl2N2O2S.CH3.ClH.Ru/c22-18-11-15(12-19(23)13-18)14-28(26,27)25-21(17-9-5-2-6-10-17)20(24)16-7-3-1-4-8-16;;;/h1-13,20-21,24H,14H2;1H3;1H;/q-2;-1;;+4/p-1. The molecule has 0 amide bonds. The van der Waals surface area contributed by atoms with Gasteiger partial charge in [0, 0.05) is 10.0 Å². The molecule has 1 N–H and O–H groups in total. The molecule has 0 saturated carbocycles. The molecule has 2 unspecified atom stereocenters. The number of hydrogen-bond donors (Lipinski definition) is 0. The smallest absolute Gasteiger partial charge is 0.0767 e. The Kier molecular flexibility index (Phi) is 12.3. The second-order valence-corrected chi connectivity index (χ2v) is 8.89. The molecule has 0 radical (unpaired) electrons. The first-order chi connectivity index (χ1) is 14.3. The van der Waals surface area contributed by atoms with Gasteiger partial charge < -0.3 is 17.9 Å². The van der Waals surface area contributed by atoms with Crippen molar-refractivity contribution in [1.29, 1.82) is 0 Å². The molecule has 31 heavy (non-hydrogen) atoms. The third-order valence-corrected chi connectivity index (χ3v) is 5.84. The van der Waals surface area contributed by atoms with Crippen LogP contribution < -0.4 is 0 Å². The zero-order chi connectivity index (χ0) is 22.1. The fourth-order valence-corrected chi connectivity index (χ4v) is 4.75. The normalized spacial score (nSPS) is 12.6. The zero-order valence-electron chi connectivity index (χ0n) is 16.5. The Hall–Kier alpha value is -0.977. The fraction of sp³-hybridized carbons (Fsp3) is 0.136. The van der Waals surface area contributed by atoms with Crippen LogP contribution in [0.5, 0.6) is 0 Å². The third kappa shape index (κ3) is 8.82. The SMILES string of the molecule is [CH3-].[Cl][Ru+3].[NH-]C(c1ccccc1)C([N-]S(=O)(=O)Cc1cc(Cl)cc(Cl)c1)c1ccccc1. The van der Waals surface area contributed by atoms with Gasteiger partial charge in [-0.05, 0) is 23.8 Å². The molecule has 0 heterocycles. The van der Waals surface area contributed by atoms with Crippen LogP contribution in [0.3, 0.4) is 0 Å². The molecular weight excluding hydrogens is 564 g/mol. The second-order valence-electron chi connectivity index (χ2n) is 6.35. The van der Waals surface area contributed by atoms with E-state index in [1.165, 1.54) is 0 Å². The first-order valence-corrected chi connectivity index (χ1v) is 13.3. The first-order valence-electron chi connectivity index (χ1n) is 8.68. The van der Waals surface area contributed by atoms with Gasteiger partial charge in [-0.25, -0.2) is 8.42 Å². The maximum atomic E-state index is 12.8. The molecule has 0 saturated heterocycles. The van der Waals surface area contributed by atoms with Crippen LogP contribution in [0.15, 0.2) is 78.9 Å². The van der Waals surface area contributed by atoms with Crippen LogP contribution in [-0.4, -0.2) is 8.42 Å². The van der Waals surface area contributed by atoms with E-state index in [1.54, 1.807) is 54.6 Å². The molecule has 2 atom stereocenters. The van der Waals surface area contributed by atoms with Gasteiger partial charge in [-0.15, -0.1) is 12.1 Å². The van der Waals surface area contributed by atoms with Crippen LogP contribution in [0.4, 0.5) is 0 Å². The maximum Gasteiger partial charge on any atom is 0.0767 e. The Morgan fingerprint density at radius 1 is 0.839 bits per heavy atom. The van der Waals surface area contributed by atoms with Crippen molar-refractivity contribution in [2.24, 2.45) is 0 Å². The van der Waals surface area contributed by atoms with E-state index >= 15 is 0 Å². The van der Waals surface area contributed by atoms with Gasteiger partial charge in [-0.1, -0.05) is 95.0 Å². The van der Waals surface area contributed by atoms with Crippen molar-refractivity contribution in [3.05, 3.63) is 123 Å². The van der Waals surface area contributed by atoms with E-state index < -0.39 is 22.1 Å². The number of rotatable bonds is 7. The van der Waals surface area contributed by atoms with Crippen molar-refractivity contribution in [3.8, 4) is 0 Å². The Labute approximate surface area is 208 Å². The molecular formula is C22H21Cl3N2O2RuS. The summed E-state index contributed by atoms with van der Waals surface area (Å²) in [5, 5.41) is 0.722. The van der Waals surface area contributed by atoms with Gasteiger partial charge in [-0.2, -0.15) is 0 Å². The third-order valence-electron chi connectivity index (χ3n) is 4.16. The Balaban J connectivity index is 0.00000156. The predicted molar refractivity (Wildman–Crippen MR) is 127 cm³/mol. The first kappa shape index (κ1) is 28.1. The van der Waals surface area contributed by atoms with Crippen molar-refractivity contribution in [2.75, 3.05) is 0 Å². The summed E-state index contributed by atoms with van der Waals surface area (Å²) in [6, 6.07) is 21.0. The summed E-state index contributed by atoms with van der Waals surface area (Å²) in [4.78, 5) is 0. The van der Waals surface area contributed by atoms with Gasteiger partial charge in [0.2, 0.25) is 0 Å². The molecule has 0 aliphatic heterocycles. The number of halogens is 3. The van der Waals surface area contributed by atoms with Crippen LogP contribution in [-0.2, 0) is 33.1 Å². The molecule has 3 aromatic carbocycles. The van der Waals surface area contributed by atoms with Gasteiger partial charge >= 0.3 is 27.0 Å². The molecule has 3 aromatic rings. The van der Waals surface area contributed by atoms with Crippen LogP contribution in [0.1, 0.15) is 28.8 Å². The van der Waals surface area contributed by atoms with Crippen molar-refractivity contribution in [1.82, 2.24) is 0 Å². The van der Waals surface area contributed by atoms with Crippen LogP contribution in [0.2, 0.25) is 10.0 Å². The number of sulfonamides is 1. The van der Waals surface area contributed by atoms with Gasteiger partial charge in [0.1, 0.15) is 0 Å². The Morgan fingerprint density at radius 2 is 1.29 bits per heavy atom. The number of nitrogens with one attached hydrogen (secondary N) is 1. The van der Waals surface area contributed by atoms with E-state index in [1.807, 2.05) is 41.6 Å². The number of benzene rings is 3. The van der Waals surface area contributed by atoms with Crippen molar-refractivity contribution in [3.63, 3.8) is 0 Å². The molecule has 0 bridgehead atoms. The Bertz CT molecular complexity index is 1020. The van der Waals surface area contributed by atoms with E-state index in [0.29, 0.717) is 26.7 Å². The van der Waals surface area contributed by atoms with Crippen LogP contribution in [0.25, 0.3) is 10.5 Å². The van der Waals surface area contributed by atoms with Gasteiger partial charge in [0.05, 0.1) is 15.8 Å². The minimum Gasteiger partial charge on any atom is -0.672 e. The molecule has 4 nitrogen and oxygen atoms in total.